The van der Waals surface area contributed by atoms with Crippen LogP contribution in [0.15, 0.2) is 30.3 Å². The minimum absolute atomic E-state index is 0.0164. The van der Waals surface area contributed by atoms with Gasteiger partial charge in [-0.15, -0.1) is 0 Å². The van der Waals surface area contributed by atoms with E-state index in [2.05, 4.69) is 0 Å². The number of aliphatic carboxylic acids is 1. The first-order valence-electron chi connectivity index (χ1n) is 7.08. The fraction of sp³-hybridized carbons (Fsp3) is 0.533. The fourth-order valence-electron chi connectivity index (χ4n) is 2.11. The van der Waals surface area contributed by atoms with Gasteiger partial charge in [-0.3, -0.25) is 4.79 Å². The molecular weight excluding hydrogens is 290 g/mol. The van der Waals surface area contributed by atoms with Gasteiger partial charge in [-0.25, -0.2) is 8.42 Å². The van der Waals surface area contributed by atoms with Gasteiger partial charge in [0.1, 0.15) is 0 Å². The summed E-state index contributed by atoms with van der Waals surface area (Å²) in [6.07, 6.45) is 0.779. The van der Waals surface area contributed by atoms with E-state index in [1.54, 1.807) is 13.8 Å². The zero-order chi connectivity index (χ0) is 15.9. The van der Waals surface area contributed by atoms with E-state index < -0.39 is 16.0 Å². The van der Waals surface area contributed by atoms with Gasteiger partial charge in [0.15, 0.2) is 0 Å². The molecule has 0 spiro atoms. The van der Waals surface area contributed by atoms with Gasteiger partial charge in [0.25, 0.3) is 0 Å². The van der Waals surface area contributed by atoms with Crippen molar-refractivity contribution in [1.29, 1.82) is 0 Å². The maximum absolute atomic E-state index is 12.4. The van der Waals surface area contributed by atoms with Crippen molar-refractivity contribution < 1.29 is 18.3 Å². The first-order chi connectivity index (χ1) is 9.83. The standard InChI is InChI=1S/C15H23NO4S/c1-13(2)16(11-6-9-15(17)18)21(19,20)12-10-14-7-4-3-5-8-14/h3-5,7-8,13H,6,9-12H2,1-2H3,(H,17,18). The van der Waals surface area contributed by atoms with E-state index in [-0.39, 0.29) is 24.8 Å². The van der Waals surface area contributed by atoms with E-state index in [0.717, 1.165) is 5.56 Å². The van der Waals surface area contributed by atoms with Crippen LogP contribution in [0.2, 0.25) is 0 Å². The molecule has 0 bridgehead atoms. The molecule has 1 aromatic rings. The maximum Gasteiger partial charge on any atom is 0.303 e. The third-order valence-electron chi connectivity index (χ3n) is 3.19. The fourth-order valence-corrected chi connectivity index (χ4v) is 3.89. The molecule has 1 N–H and O–H groups in total. The molecule has 0 heterocycles. The van der Waals surface area contributed by atoms with Gasteiger partial charge in [-0.1, -0.05) is 30.3 Å². The molecule has 0 unspecified atom stereocenters. The van der Waals surface area contributed by atoms with Gasteiger partial charge in [0.05, 0.1) is 5.75 Å². The second kappa shape index (κ2) is 8.14. The van der Waals surface area contributed by atoms with Crippen molar-refractivity contribution in [3.05, 3.63) is 35.9 Å². The Bertz CT molecular complexity index is 540. The number of hydrogen-bond donors (Lipinski definition) is 1. The normalized spacial score (nSPS) is 12.0. The average Bonchev–Trinajstić information content (AvgIpc) is 2.42. The lowest BCUT2D eigenvalue weighted by Crippen LogP contribution is -2.39. The summed E-state index contributed by atoms with van der Waals surface area (Å²) in [5.74, 6) is -0.859. The first kappa shape index (κ1) is 17.7. The number of carbonyl (C=O) groups is 1. The summed E-state index contributed by atoms with van der Waals surface area (Å²) in [5.41, 5.74) is 0.982. The van der Waals surface area contributed by atoms with Crippen molar-refractivity contribution in [1.82, 2.24) is 4.31 Å². The molecule has 0 aliphatic rings. The number of hydrogen-bond acceptors (Lipinski definition) is 3. The quantitative estimate of drug-likeness (QED) is 0.758. The minimum atomic E-state index is -3.38. The van der Waals surface area contributed by atoms with Crippen LogP contribution in [0, 0.1) is 0 Å². The second-order valence-corrected chi connectivity index (χ2v) is 7.29. The van der Waals surface area contributed by atoms with E-state index in [1.165, 1.54) is 4.31 Å². The lowest BCUT2D eigenvalue weighted by molar-refractivity contribution is -0.137. The lowest BCUT2D eigenvalue weighted by Gasteiger charge is -2.25. The van der Waals surface area contributed by atoms with Crippen LogP contribution < -0.4 is 0 Å². The number of benzene rings is 1. The number of rotatable bonds is 9. The van der Waals surface area contributed by atoms with E-state index in [9.17, 15) is 13.2 Å². The molecule has 0 saturated heterocycles. The largest absolute Gasteiger partial charge is 0.481 e. The van der Waals surface area contributed by atoms with Gasteiger partial charge in [0.2, 0.25) is 10.0 Å². The van der Waals surface area contributed by atoms with Gasteiger partial charge < -0.3 is 5.11 Å². The SMILES string of the molecule is CC(C)N(CCCC(=O)O)S(=O)(=O)CCc1ccccc1. The molecule has 6 heteroatoms. The van der Waals surface area contributed by atoms with Crippen LogP contribution in [0.4, 0.5) is 0 Å². The van der Waals surface area contributed by atoms with E-state index in [1.807, 2.05) is 30.3 Å². The predicted molar refractivity (Wildman–Crippen MR) is 82.6 cm³/mol. The van der Waals surface area contributed by atoms with Crippen molar-refractivity contribution in [2.24, 2.45) is 0 Å². The Morgan fingerprint density at radius 2 is 1.86 bits per heavy atom. The van der Waals surface area contributed by atoms with Crippen LogP contribution in [-0.4, -0.2) is 42.1 Å². The van der Waals surface area contributed by atoms with Crippen molar-refractivity contribution in [3.63, 3.8) is 0 Å². The topological polar surface area (TPSA) is 74.7 Å². The van der Waals surface area contributed by atoms with E-state index in [4.69, 9.17) is 5.11 Å². The van der Waals surface area contributed by atoms with E-state index in [0.29, 0.717) is 12.8 Å². The van der Waals surface area contributed by atoms with Crippen molar-refractivity contribution >= 4 is 16.0 Å². The molecule has 5 nitrogen and oxygen atoms in total. The summed E-state index contributed by atoms with van der Waals surface area (Å²) in [4.78, 5) is 10.5. The molecule has 0 aromatic heterocycles. The van der Waals surface area contributed by atoms with Crippen LogP contribution in [-0.2, 0) is 21.2 Å². The summed E-state index contributed by atoms with van der Waals surface area (Å²) in [6, 6.07) is 9.30. The molecule has 0 amide bonds. The Morgan fingerprint density at radius 1 is 1.24 bits per heavy atom. The molecule has 1 aromatic carbocycles. The molecule has 0 radical (unpaired) electrons. The van der Waals surface area contributed by atoms with Crippen LogP contribution >= 0.6 is 0 Å². The van der Waals surface area contributed by atoms with Crippen LogP contribution in [0.1, 0.15) is 32.3 Å². The Kier molecular flexibility index (Phi) is 6.84. The Hall–Kier alpha value is -1.40. The predicted octanol–water partition coefficient (Wildman–Crippen LogP) is 2.13. The summed E-state index contributed by atoms with van der Waals surface area (Å²) in [5, 5.41) is 8.65. The Labute approximate surface area is 126 Å². The molecule has 0 fully saturated rings. The number of carboxylic acid groups (broad SMARTS) is 1. The summed E-state index contributed by atoms with van der Waals surface area (Å²) < 4.78 is 26.2. The van der Waals surface area contributed by atoms with Crippen LogP contribution in [0.5, 0.6) is 0 Å². The molecule has 0 aliphatic heterocycles. The monoisotopic (exact) mass is 313 g/mol. The average molecular weight is 313 g/mol. The minimum Gasteiger partial charge on any atom is -0.481 e. The zero-order valence-electron chi connectivity index (χ0n) is 12.5. The number of sulfonamides is 1. The van der Waals surface area contributed by atoms with Gasteiger partial charge in [0, 0.05) is 19.0 Å². The molecule has 21 heavy (non-hydrogen) atoms. The number of nitrogens with zero attached hydrogens (tertiary/aromatic N) is 1. The maximum atomic E-state index is 12.4. The second-order valence-electron chi connectivity index (χ2n) is 5.25. The Balaban J connectivity index is 2.64. The van der Waals surface area contributed by atoms with Crippen molar-refractivity contribution in [2.45, 2.75) is 39.2 Å². The molecule has 0 saturated carbocycles. The highest BCUT2D eigenvalue weighted by atomic mass is 32.2. The molecular formula is C15H23NO4S. The van der Waals surface area contributed by atoms with Gasteiger partial charge >= 0.3 is 5.97 Å². The molecule has 0 aliphatic carbocycles. The smallest absolute Gasteiger partial charge is 0.303 e. The van der Waals surface area contributed by atoms with E-state index >= 15 is 0 Å². The summed E-state index contributed by atoms with van der Waals surface area (Å²) in [7, 11) is -3.38. The lowest BCUT2D eigenvalue weighted by atomic mass is 10.2. The number of aryl methyl sites for hydroxylation is 1. The van der Waals surface area contributed by atoms with Crippen LogP contribution in [0.3, 0.4) is 0 Å². The zero-order valence-corrected chi connectivity index (χ0v) is 13.3. The number of carboxylic acids is 1. The summed E-state index contributed by atoms with van der Waals surface area (Å²) >= 11 is 0. The summed E-state index contributed by atoms with van der Waals surface area (Å²) in [6.45, 7) is 3.86. The highest BCUT2D eigenvalue weighted by molar-refractivity contribution is 7.89. The highest BCUT2D eigenvalue weighted by Gasteiger charge is 2.24. The van der Waals surface area contributed by atoms with Gasteiger partial charge in [-0.05, 0) is 32.3 Å². The molecule has 118 valence electrons. The van der Waals surface area contributed by atoms with Gasteiger partial charge in [-0.2, -0.15) is 4.31 Å². The third kappa shape index (κ3) is 6.27. The third-order valence-corrected chi connectivity index (χ3v) is 5.23. The van der Waals surface area contributed by atoms with Crippen LogP contribution in [0.25, 0.3) is 0 Å². The molecule has 0 atom stereocenters. The first-order valence-corrected chi connectivity index (χ1v) is 8.69. The highest BCUT2D eigenvalue weighted by Crippen LogP contribution is 2.12. The van der Waals surface area contributed by atoms with Crippen molar-refractivity contribution in [2.75, 3.05) is 12.3 Å². The van der Waals surface area contributed by atoms with Crippen molar-refractivity contribution in [3.8, 4) is 0 Å². The Morgan fingerprint density at radius 3 is 2.38 bits per heavy atom. The molecule has 1 rings (SSSR count).